The van der Waals surface area contributed by atoms with Crippen LogP contribution in [0.1, 0.15) is 91.9 Å². The largest absolute Gasteiger partial charge is 0.392 e. The van der Waals surface area contributed by atoms with E-state index >= 15 is 0 Å². The summed E-state index contributed by atoms with van der Waals surface area (Å²) in [7, 11) is 0. The third-order valence-electron chi connectivity index (χ3n) is 10.0. The van der Waals surface area contributed by atoms with Crippen LogP contribution in [0.15, 0.2) is 54.2 Å². The molecule has 4 rings (SSSR count). The lowest BCUT2D eigenvalue weighted by Crippen LogP contribution is -2.39. The number of fused-ring (bicyclic) bond motifs is 1. The van der Waals surface area contributed by atoms with E-state index in [1.165, 1.54) is 32.1 Å². The van der Waals surface area contributed by atoms with Crippen molar-refractivity contribution in [1.29, 1.82) is 0 Å². The lowest BCUT2D eigenvalue weighted by molar-refractivity contribution is 0.0121. The van der Waals surface area contributed by atoms with Crippen LogP contribution in [0.4, 0.5) is 0 Å². The van der Waals surface area contributed by atoms with Crippen LogP contribution in [0, 0.1) is 29.1 Å². The average Bonchev–Trinajstić information content (AvgIpc) is 3.47. The zero-order chi connectivity index (χ0) is 26.8. The van der Waals surface area contributed by atoms with Crippen LogP contribution in [0.3, 0.4) is 0 Å². The van der Waals surface area contributed by atoms with Crippen molar-refractivity contribution >= 4 is 0 Å². The van der Waals surface area contributed by atoms with Gasteiger partial charge < -0.3 is 19.9 Å². The minimum atomic E-state index is -0.714. The summed E-state index contributed by atoms with van der Waals surface area (Å²) < 4.78 is 1.99. The van der Waals surface area contributed by atoms with Crippen molar-refractivity contribution in [2.75, 3.05) is 0 Å². The van der Waals surface area contributed by atoms with E-state index in [4.69, 9.17) is 0 Å². The number of nitrogens with zero attached hydrogens (tertiary/aromatic N) is 2. The van der Waals surface area contributed by atoms with Gasteiger partial charge in [-0.25, -0.2) is 4.98 Å². The molecule has 3 aliphatic carbocycles. The number of hydrogen-bond donors (Lipinski definition) is 3. The first-order chi connectivity index (χ1) is 17.5. The molecular weight excluding hydrogens is 460 g/mol. The second-order valence-electron chi connectivity index (χ2n) is 13.2. The molecule has 5 nitrogen and oxygen atoms in total. The molecule has 0 saturated heterocycles. The third kappa shape index (κ3) is 6.49. The highest BCUT2D eigenvalue weighted by atomic mass is 16.3. The van der Waals surface area contributed by atoms with Gasteiger partial charge in [0.2, 0.25) is 0 Å². The van der Waals surface area contributed by atoms with Crippen molar-refractivity contribution < 1.29 is 15.3 Å². The van der Waals surface area contributed by atoms with Crippen molar-refractivity contribution in [1.82, 2.24) is 9.55 Å². The van der Waals surface area contributed by atoms with Gasteiger partial charge in [-0.15, -0.1) is 0 Å². The van der Waals surface area contributed by atoms with E-state index in [1.807, 2.05) is 24.6 Å². The standard InChI is InChI=1S/C32H50N2O3/c1-22(8-6-15-31(3,4)37)27-12-13-28-24(9-7-16-32(27,28)5)10-11-25-20-29(35)26(30(36)23(25)2)14-18-34-19-17-33-21-34/h10-11,17,19,21-22,26-30,35-37H,2,6-9,12-16,18,20H2,1,3-5H3/b24-10+,25-11-/t22-,26+,27-,28+,29-,30-,32-/m1/s1. The van der Waals surface area contributed by atoms with Gasteiger partial charge in [-0.05, 0) is 99.5 Å². The molecular formula is C32H50N2O3. The number of aliphatic hydroxyl groups excluding tert-OH is 2. The summed E-state index contributed by atoms with van der Waals surface area (Å²) in [5, 5.41) is 32.0. The average molecular weight is 511 g/mol. The molecule has 0 radical (unpaired) electrons. The summed E-state index contributed by atoms with van der Waals surface area (Å²) in [5.74, 6) is 1.83. The zero-order valence-electron chi connectivity index (χ0n) is 23.6. The monoisotopic (exact) mass is 510 g/mol. The van der Waals surface area contributed by atoms with E-state index in [2.05, 4.69) is 37.6 Å². The van der Waals surface area contributed by atoms with Crippen LogP contribution in [-0.2, 0) is 6.54 Å². The molecule has 0 amide bonds. The molecule has 1 aromatic heterocycles. The third-order valence-corrected chi connectivity index (χ3v) is 10.0. The van der Waals surface area contributed by atoms with E-state index in [1.54, 1.807) is 18.1 Å². The summed E-state index contributed by atoms with van der Waals surface area (Å²) >= 11 is 0. The van der Waals surface area contributed by atoms with Gasteiger partial charge in [0.15, 0.2) is 0 Å². The lowest BCUT2D eigenvalue weighted by atomic mass is 9.60. The van der Waals surface area contributed by atoms with E-state index < -0.39 is 17.8 Å². The van der Waals surface area contributed by atoms with Crippen LogP contribution < -0.4 is 0 Å². The summed E-state index contributed by atoms with van der Waals surface area (Å²) in [5.41, 5.74) is 3.08. The van der Waals surface area contributed by atoms with Crippen molar-refractivity contribution in [2.45, 2.75) is 116 Å². The van der Waals surface area contributed by atoms with E-state index in [9.17, 15) is 15.3 Å². The number of aryl methyl sites for hydroxylation is 1. The van der Waals surface area contributed by atoms with Gasteiger partial charge in [-0.1, -0.05) is 51.0 Å². The van der Waals surface area contributed by atoms with Crippen molar-refractivity contribution in [3.8, 4) is 0 Å². The fourth-order valence-corrected chi connectivity index (χ4v) is 7.89. The molecule has 3 aliphatic rings. The van der Waals surface area contributed by atoms with Crippen molar-refractivity contribution in [3.05, 3.63) is 54.2 Å². The summed E-state index contributed by atoms with van der Waals surface area (Å²) in [6, 6.07) is 0. The van der Waals surface area contributed by atoms with E-state index in [0.717, 1.165) is 42.9 Å². The molecule has 1 heterocycles. The Balaban J connectivity index is 1.41. The van der Waals surface area contributed by atoms with Gasteiger partial charge >= 0.3 is 0 Å². The first-order valence-corrected chi connectivity index (χ1v) is 14.6. The smallest absolute Gasteiger partial charge is 0.0945 e. The van der Waals surface area contributed by atoms with Gasteiger partial charge in [0.1, 0.15) is 0 Å². The molecule has 37 heavy (non-hydrogen) atoms. The molecule has 0 spiro atoms. The number of rotatable bonds is 9. The first kappa shape index (κ1) is 28.3. The molecule has 3 N–H and O–H groups in total. The molecule has 7 atom stereocenters. The second-order valence-corrected chi connectivity index (χ2v) is 13.2. The number of aromatic nitrogens is 2. The topological polar surface area (TPSA) is 78.5 Å². The van der Waals surface area contributed by atoms with Gasteiger partial charge in [-0.3, -0.25) is 0 Å². The Morgan fingerprint density at radius 1 is 1.27 bits per heavy atom. The highest BCUT2D eigenvalue weighted by Gasteiger charge is 2.50. The molecule has 0 aliphatic heterocycles. The Bertz CT molecular complexity index is 973. The fraction of sp³-hybridized carbons (Fsp3) is 0.719. The van der Waals surface area contributed by atoms with Crippen molar-refractivity contribution in [3.63, 3.8) is 0 Å². The van der Waals surface area contributed by atoms with Gasteiger partial charge in [-0.2, -0.15) is 0 Å². The molecule has 1 aromatic rings. The predicted molar refractivity (Wildman–Crippen MR) is 150 cm³/mol. The van der Waals surface area contributed by atoms with Gasteiger partial charge in [0.25, 0.3) is 0 Å². The Kier molecular flexibility index (Phi) is 8.87. The Labute approximate surface area is 224 Å². The van der Waals surface area contributed by atoms with Crippen LogP contribution in [-0.4, -0.2) is 42.7 Å². The van der Waals surface area contributed by atoms with Crippen LogP contribution in [0.25, 0.3) is 0 Å². The van der Waals surface area contributed by atoms with Crippen LogP contribution >= 0.6 is 0 Å². The molecule has 0 bridgehead atoms. The number of aliphatic hydroxyl groups is 3. The molecule has 0 unspecified atom stereocenters. The summed E-state index contributed by atoms with van der Waals surface area (Å²) in [4.78, 5) is 4.08. The number of allylic oxidation sites excluding steroid dienone is 3. The second kappa shape index (κ2) is 11.6. The molecule has 3 fully saturated rings. The lowest BCUT2D eigenvalue weighted by Gasteiger charge is -2.44. The Morgan fingerprint density at radius 2 is 2.05 bits per heavy atom. The fourth-order valence-electron chi connectivity index (χ4n) is 7.89. The maximum atomic E-state index is 11.0. The first-order valence-electron chi connectivity index (χ1n) is 14.6. The maximum Gasteiger partial charge on any atom is 0.0945 e. The van der Waals surface area contributed by atoms with Crippen molar-refractivity contribution in [2.24, 2.45) is 29.1 Å². The van der Waals surface area contributed by atoms with E-state index in [0.29, 0.717) is 30.1 Å². The quantitative estimate of drug-likeness (QED) is 0.369. The summed E-state index contributed by atoms with van der Waals surface area (Å²) in [6.45, 7) is 13.8. The molecule has 206 valence electrons. The van der Waals surface area contributed by atoms with Crippen LogP contribution in [0.2, 0.25) is 0 Å². The van der Waals surface area contributed by atoms with Crippen LogP contribution in [0.5, 0.6) is 0 Å². The number of hydrogen-bond acceptors (Lipinski definition) is 4. The van der Waals surface area contributed by atoms with Gasteiger partial charge in [0, 0.05) is 24.9 Å². The highest BCUT2D eigenvalue weighted by Crippen LogP contribution is 2.60. The minimum absolute atomic E-state index is 0.203. The maximum absolute atomic E-state index is 11.0. The Morgan fingerprint density at radius 3 is 2.76 bits per heavy atom. The van der Waals surface area contributed by atoms with E-state index in [-0.39, 0.29) is 5.92 Å². The minimum Gasteiger partial charge on any atom is -0.392 e. The van der Waals surface area contributed by atoms with Gasteiger partial charge in [0.05, 0.1) is 24.1 Å². The summed E-state index contributed by atoms with van der Waals surface area (Å²) in [6.07, 6.45) is 19.3. The predicted octanol–water partition coefficient (Wildman–Crippen LogP) is 6.22. The molecule has 5 heteroatoms. The highest BCUT2D eigenvalue weighted by molar-refractivity contribution is 5.39. The zero-order valence-corrected chi connectivity index (χ0v) is 23.6. The SMILES string of the molecule is C=C1/C(=C\C=C2/CCC[C@]3(C)[C@@H]([C@H](C)CCCC(C)(C)O)CC[C@@H]23)C[C@@H](O)[C@H](CCn2ccnc2)[C@@H]1O. The Hall–Kier alpha value is -1.69. The number of imidazole rings is 1. The normalized spacial score (nSPS) is 35.8. The molecule has 0 aromatic carbocycles. The molecule has 3 saturated carbocycles.